The summed E-state index contributed by atoms with van der Waals surface area (Å²) >= 11 is 0. The maximum atomic E-state index is 17.4. The molecule has 332 valence electrons. The summed E-state index contributed by atoms with van der Waals surface area (Å²) in [7, 11) is 3.17. The van der Waals surface area contributed by atoms with Crippen LogP contribution in [0.1, 0.15) is 69.2 Å². The summed E-state index contributed by atoms with van der Waals surface area (Å²) in [5, 5.41) is 13.2. The van der Waals surface area contributed by atoms with E-state index in [4.69, 9.17) is 14.2 Å². The van der Waals surface area contributed by atoms with E-state index in [1.165, 1.54) is 14.0 Å². The summed E-state index contributed by atoms with van der Waals surface area (Å²) in [5.41, 5.74) is -7.37. The van der Waals surface area contributed by atoms with Gasteiger partial charge in [-0.15, -0.1) is 0 Å². The van der Waals surface area contributed by atoms with Crippen LogP contribution in [0.15, 0.2) is 36.4 Å². The van der Waals surface area contributed by atoms with Crippen molar-refractivity contribution in [3.63, 3.8) is 0 Å². The summed E-state index contributed by atoms with van der Waals surface area (Å²) in [6, 6.07) is 9.02. The zero-order valence-corrected chi connectivity index (χ0v) is 35.4. The first-order valence-electron chi connectivity index (χ1n) is 20.2. The van der Waals surface area contributed by atoms with Gasteiger partial charge >= 0.3 is 18.3 Å². The lowest BCUT2D eigenvalue weighted by molar-refractivity contribution is -0.169. The van der Waals surface area contributed by atoms with Gasteiger partial charge in [0.2, 0.25) is 0 Å². The molecule has 18 heteroatoms. The zero-order valence-electron chi connectivity index (χ0n) is 35.4. The Bertz CT molecular complexity index is 2400. The van der Waals surface area contributed by atoms with Crippen molar-refractivity contribution in [1.82, 2.24) is 19.8 Å². The second kappa shape index (κ2) is 16.3. The van der Waals surface area contributed by atoms with Gasteiger partial charge in [-0.2, -0.15) is 28.4 Å². The molecular weight excluding hydrogens is 824 g/mol. The van der Waals surface area contributed by atoms with Crippen molar-refractivity contribution < 1.29 is 49.7 Å². The number of aromatic nitrogens is 2. The second-order valence-electron chi connectivity index (χ2n) is 17.7. The molecule has 1 aromatic heterocycles. The van der Waals surface area contributed by atoms with Crippen molar-refractivity contribution >= 4 is 28.5 Å². The van der Waals surface area contributed by atoms with E-state index in [0.717, 1.165) is 19.1 Å². The number of carbonyl (C=O) groups is 1. The summed E-state index contributed by atoms with van der Waals surface area (Å²) in [6.45, 7) is 7.39. The number of amides is 1. The largest absolute Gasteiger partial charge is 0.497 e. The predicted octanol–water partition coefficient (Wildman–Crippen LogP) is 9.34. The molecule has 0 saturated carbocycles. The average Bonchev–Trinajstić information content (AvgIpc) is 3.46. The summed E-state index contributed by atoms with van der Waals surface area (Å²) in [4.78, 5) is 27.1. The smallest absolute Gasteiger partial charge is 0.417 e. The first-order valence-corrected chi connectivity index (χ1v) is 20.2. The van der Waals surface area contributed by atoms with Crippen LogP contribution in [0.3, 0.4) is 0 Å². The van der Waals surface area contributed by atoms with E-state index in [2.05, 4.69) is 15.3 Å². The van der Waals surface area contributed by atoms with Crippen LogP contribution in [0.5, 0.6) is 11.8 Å². The first kappa shape index (κ1) is 44.5. The number of methoxy groups -OCH3 is 1. The molecule has 3 aliphatic rings. The number of piperazine rings is 1. The van der Waals surface area contributed by atoms with Gasteiger partial charge in [-0.25, -0.2) is 22.4 Å². The normalized spacial score (nSPS) is 21.5. The monoisotopic (exact) mass is 871 g/mol. The standard InChI is InChI=1S/C44H48F7N7O4/c1-24-16-32(53-19-25-8-12-28(60-7)13-9-25)30(18-52)33(35(24)44(49,50)51)34-31(45)17-29-37(36(34)46)54-39(61-23-42(5)22-56(6)15-14-43(42,47)48)55-38(29)57-20-26-10-11-27(21-57)58(26)40(59)62-41(2,3)4/h8-9,12-13,16-17,26-27,53H,10-11,14-15,19-23H2,1-7H3/t26?,27?,42-/m0/s1. The number of nitrogens with zero attached hydrogens (tertiary/aromatic N) is 6. The van der Waals surface area contributed by atoms with Gasteiger partial charge < -0.3 is 29.3 Å². The number of nitrogens with one attached hydrogen (secondary N) is 1. The number of anilines is 2. The Kier molecular flexibility index (Phi) is 11.7. The number of halogens is 7. The van der Waals surface area contributed by atoms with Crippen molar-refractivity contribution in [1.29, 1.82) is 5.26 Å². The first-order chi connectivity index (χ1) is 29.0. The van der Waals surface area contributed by atoms with Gasteiger partial charge in [-0.05, 0) is 89.9 Å². The number of fused-ring (bicyclic) bond motifs is 3. The van der Waals surface area contributed by atoms with Crippen LogP contribution in [-0.4, -0.2) is 96.4 Å². The number of alkyl halides is 5. The molecule has 3 saturated heterocycles. The topological polar surface area (TPSA) is 116 Å². The van der Waals surface area contributed by atoms with Crippen LogP contribution in [-0.2, 0) is 17.5 Å². The fraction of sp³-hybridized carbons (Fsp3) is 0.500. The van der Waals surface area contributed by atoms with Crippen molar-refractivity contribution in [3.05, 3.63) is 70.3 Å². The lowest BCUT2D eigenvalue weighted by atomic mass is 9.79. The maximum Gasteiger partial charge on any atom is 0.417 e. The molecule has 1 N–H and O–H groups in total. The molecule has 3 atom stereocenters. The molecule has 7 rings (SSSR count). The van der Waals surface area contributed by atoms with Crippen LogP contribution >= 0.6 is 0 Å². The number of ether oxygens (including phenoxy) is 3. The van der Waals surface area contributed by atoms with E-state index in [-0.39, 0.29) is 49.6 Å². The number of benzene rings is 3. The molecule has 3 fully saturated rings. The van der Waals surface area contributed by atoms with Crippen molar-refractivity contribution in [2.75, 3.05) is 57.2 Å². The number of piperidine rings is 1. The Morgan fingerprint density at radius 3 is 2.29 bits per heavy atom. The van der Waals surface area contributed by atoms with E-state index in [9.17, 15) is 10.1 Å². The van der Waals surface area contributed by atoms with E-state index in [0.29, 0.717) is 24.2 Å². The van der Waals surface area contributed by atoms with Crippen LogP contribution in [0.2, 0.25) is 0 Å². The Morgan fingerprint density at radius 2 is 1.69 bits per heavy atom. The van der Waals surface area contributed by atoms with Gasteiger partial charge in [0.1, 0.15) is 41.2 Å². The Labute approximate surface area is 354 Å². The van der Waals surface area contributed by atoms with E-state index in [1.807, 2.05) is 0 Å². The number of hydrogen-bond donors (Lipinski definition) is 1. The third-order valence-corrected chi connectivity index (χ3v) is 11.9. The van der Waals surface area contributed by atoms with E-state index in [1.54, 1.807) is 72.9 Å². The van der Waals surface area contributed by atoms with Gasteiger partial charge in [-0.1, -0.05) is 12.1 Å². The fourth-order valence-corrected chi connectivity index (χ4v) is 8.81. The number of likely N-dealkylation sites (tertiary alicyclic amines) is 1. The van der Waals surface area contributed by atoms with Gasteiger partial charge in [0.15, 0.2) is 5.82 Å². The maximum absolute atomic E-state index is 17.4. The second-order valence-corrected chi connectivity index (χ2v) is 17.7. The molecule has 2 bridgehead atoms. The minimum absolute atomic E-state index is 0.0276. The highest BCUT2D eigenvalue weighted by atomic mass is 19.4. The van der Waals surface area contributed by atoms with Crippen LogP contribution in [0.4, 0.5) is 47.0 Å². The van der Waals surface area contributed by atoms with E-state index >= 15 is 30.7 Å². The van der Waals surface area contributed by atoms with Crippen molar-refractivity contribution in [3.8, 4) is 29.0 Å². The van der Waals surface area contributed by atoms with Gasteiger partial charge in [0, 0.05) is 50.1 Å². The minimum atomic E-state index is -5.18. The summed E-state index contributed by atoms with van der Waals surface area (Å²) < 4.78 is 127. The molecule has 4 aromatic rings. The van der Waals surface area contributed by atoms with Gasteiger partial charge in [0.25, 0.3) is 5.92 Å². The predicted molar refractivity (Wildman–Crippen MR) is 217 cm³/mol. The highest BCUT2D eigenvalue weighted by molar-refractivity contribution is 5.96. The quantitative estimate of drug-likeness (QED) is 0.163. The molecule has 62 heavy (non-hydrogen) atoms. The molecule has 2 unspecified atom stereocenters. The number of rotatable bonds is 9. The third kappa shape index (κ3) is 8.47. The van der Waals surface area contributed by atoms with E-state index < -0.39 is 105 Å². The molecule has 0 aliphatic carbocycles. The summed E-state index contributed by atoms with van der Waals surface area (Å²) in [5.74, 6) is -5.67. The lowest BCUT2D eigenvalue weighted by Gasteiger charge is -2.44. The van der Waals surface area contributed by atoms with Crippen LogP contribution in [0, 0.1) is 35.3 Å². The third-order valence-electron chi connectivity index (χ3n) is 11.9. The van der Waals surface area contributed by atoms with Gasteiger partial charge in [0.05, 0.1) is 47.0 Å². The molecule has 4 heterocycles. The molecule has 0 radical (unpaired) electrons. The highest BCUT2D eigenvalue weighted by Crippen LogP contribution is 2.48. The molecule has 0 spiro atoms. The molecule has 1 amide bonds. The SMILES string of the molecule is COc1ccc(CNc2cc(C)c(C(F)(F)F)c(-c3c(F)cc4c(N5CC6CCC(C5)N6C(=O)OC(C)(C)C)nc(OC[C@]5(C)CN(C)CCC5(F)F)nc4c3F)c2C#N)cc1. The fourth-order valence-electron chi connectivity index (χ4n) is 8.81. The molecule has 11 nitrogen and oxygen atoms in total. The molecule has 3 aliphatic heterocycles. The summed E-state index contributed by atoms with van der Waals surface area (Å²) in [6.07, 6.45) is -5.02. The number of hydrogen-bond acceptors (Lipinski definition) is 10. The zero-order chi connectivity index (χ0) is 45.1. The molecular formula is C44H48F7N7O4. The van der Waals surface area contributed by atoms with Crippen LogP contribution in [0.25, 0.3) is 22.0 Å². The van der Waals surface area contributed by atoms with Crippen molar-refractivity contribution in [2.45, 2.75) is 90.2 Å². The number of nitriles is 1. The average molecular weight is 872 g/mol. The van der Waals surface area contributed by atoms with Gasteiger partial charge in [-0.3, -0.25) is 4.90 Å². The number of carbonyl (C=O) groups excluding carboxylic acids is 1. The molecule has 3 aromatic carbocycles. The Hall–Kier alpha value is -5.57. The Morgan fingerprint density at radius 1 is 1.03 bits per heavy atom. The van der Waals surface area contributed by atoms with Crippen LogP contribution < -0.4 is 19.7 Å². The number of aryl methyl sites for hydroxylation is 1. The minimum Gasteiger partial charge on any atom is -0.497 e. The highest BCUT2D eigenvalue weighted by Gasteiger charge is 2.54. The Balaban J connectivity index is 1.37. The van der Waals surface area contributed by atoms with Crippen molar-refractivity contribution in [2.24, 2.45) is 5.41 Å². The lowest BCUT2D eigenvalue weighted by Crippen LogP contribution is -2.57.